The third-order valence-corrected chi connectivity index (χ3v) is 12.0. The Morgan fingerprint density at radius 2 is 1.15 bits per heavy atom. The SMILES string of the molecule is O=C(C1=CCC=C2C(=C1)n1c3ccccc3c3cccc(c31)C2(c1ccccc1)c1ccc(C2N=C(c3ccccc3)NC(c3ccccc3)=N2)cc1)c1ccccc1. The number of nitrogens with one attached hydrogen (secondary N) is 1. The second-order valence-corrected chi connectivity index (χ2v) is 15.2. The largest absolute Gasteiger partial charge is 0.324 e. The van der Waals surface area contributed by atoms with Gasteiger partial charge in [0, 0.05) is 33.0 Å². The van der Waals surface area contributed by atoms with Gasteiger partial charge in [-0.2, -0.15) is 0 Å². The van der Waals surface area contributed by atoms with Crippen LogP contribution < -0.4 is 5.32 Å². The molecule has 0 amide bonds. The lowest BCUT2D eigenvalue weighted by molar-refractivity contribution is 0.103. The molecule has 280 valence electrons. The number of nitrogens with zero attached hydrogens (tertiary/aromatic N) is 3. The molecule has 1 atom stereocenters. The van der Waals surface area contributed by atoms with E-state index in [9.17, 15) is 4.79 Å². The second-order valence-electron chi connectivity index (χ2n) is 15.2. The zero-order valence-electron chi connectivity index (χ0n) is 32.2. The maximum atomic E-state index is 14.3. The van der Waals surface area contributed by atoms with Crippen LogP contribution >= 0.6 is 0 Å². The van der Waals surface area contributed by atoms with Crippen LogP contribution in [0.2, 0.25) is 0 Å². The van der Waals surface area contributed by atoms with E-state index >= 15 is 0 Å². The number of fused-ring (bicyclic) bond motifs is 5. The van der Waals surface area contributed by atoms with Crippen LogP contribution in [0.1, 0.15) is 56.3 Å². The van der Waals surface area contributed by atoms with Crippen LogP contribution in [0.3, 0.4) is 0 Å². The summed E-state index contributed by atoms with van der Waals surface area (Å²) in [5.41, 5.74) is 11.5. The van der Waals surface area contributed by atoms with E-state index in [0.717, 1.165) is 61.8 Å². The van der Waals surface area contributed by atoms with Crippen LogP contribution in [0.15, 0.2) is 227 Å². The van der Waals surface area contributed by atoms with Crippen LogP contribution in [0.25, 0.3) is 27.5 Å². The zero-order chi connectivity index (χ0) is 39.3. The number of ketones is 1. The summed E-state index contributed by atoms with van der Waals surface area (Å²) in [6, 6.07) is 65.2. The minimum absolute atomic E-state index is 0.0156. The van der Waals surface area contributed by atoms with Crippen molar-refractivity contribution in [2.24, 2.45) is 9.98 Å². The predicted molar refractivity (Wildman–Crippen MR) is 240 cm³/mol. The van der Waals surface area contributed by atoms with E-state index < -0.39 is 11.6 Å². The minimum atomic E-state index is -0.723. The smallest absolute Gasteiger partial charge is 0.192 e. The normalized spacial score (nSPS) is 17.5. The van der Waals surface area contributed by atoms with Crippen LogP contribution in [0.5, 0.6) is 0 Å². The van der Waals surface area contributed by atoms with Gasteiger partial charge in [-0.15, -0.1) is 0 Å². The first-order valence-corrected chi connectivity index (χ1v) is 20.1. The van der Waals surface area contributed by atoms with Gasteiger partial charge in [-0.25, -0.2) is 9.98 Å². The molecule has 0 spiro atoms. The van der Waals surface area contributed by atoms with Crippen LogP contribution in [0, 0.1) is 0 Å². The van der Waals surface area contributed by atoms with E-state index in [1.165, 1.54) is 16.3 Å². The fourth-order valence-corrected chi connectivity index (χ4v) is 9.32. The number of allylic oxidation sites excluding steroid dienone is 6. The molecule has 5 nitrogen and oxygen atoms in total. The molecule has 3 aliphatic rings. The van der Waals surface area contributed by atoms with E-state index in [1.54, 1.807) is 0 Å². The number of amidine groups is 2. The molecule has 0 fully saturated rings. The molecule has 0 bridgehead atoms. The lowest BCUT2D eigenvalue weighted by Gasteiger charge is -2.43. The molecule has 1 unspecified atom stereocenters. The Bertz CT molecular complexity index is 3030. The number of aromatic nitrogens is 1. The van der Waals surface area contributed by atoms with Crippen molar-refractivity contribution in [3.63, 3.8) is 0 Å². The molecule has 0 saturated heterocycles. The Hall–Kier alpha value is -7.63. The van der Waals surface area contributed by atoms with Gasteiger partial charge in [0.25, 0.3) is 0 Å². The third-order valence-electron chi connectivity index (χ3n) is 12.0. The molecule has 8 aromatic rings. The number of benzene rings is 7. The molecule has 5 heteroatoms. The van der Waals surface area contributed by atoms with Crippen molar-refractivity contribution in [1.29, 1.82) is 0 Å². The number of para-hydroxylation sites is 2. The monoisotopic (exact) mass is 758 g/mol. The lowest BCUT2D eigenvalue weighted by Crippen LogP contribution is -2.37. The van der Waals surface area contributed by atoms with Crippen LogP contribution in [-0.2, 0) is 5.41 Å². The van der Waals surface area contributed by atoms with Crippen LogP contribution in [0.4, 0.5) is 0 Å². The van der Waals surface area contributed by atoms with Gasteiger partial charge in [0.05, 0.1) is 22.1 Å². The fraction of sp³-hybridized carbons (Fsp3) is 0.0556. The Balaban J connectivity index is 1.14. The van der Waals surface area contributed by atoms with Crippen molar-refractivity contribution in [2.75, 3.05) is 0 Å². The van der Waals surface area contributed by atoms with Gasteiger partial charge in [-0.1, -0.05) is 194 Å². The first-order valence-electron chi connectivity index (χ1n) is 20.1. The lowest BCUT2D eigenvalue weighted by atomic mass is 9.62. The number of carbonyl (C=O) groups excluding carboxylic acids is 1. The number of Topliss-reactive ketones (excluding diaryl/α,β-unsaturated/α-hetero) is 1. The number of hydrogen-bond acceptors (Lipinski definition) is 4. The van der Waals surface area contributed by atoms with Gasteiger partial charge in [-0.05, 0) is 46.4 Å². The average Bonchev–Trinajstić information content (AvgIpc) is 3.49. The zero-order valence-corrected chi connectivity index (χ0v) is 32.2. The quantitative estimate of drug-likeness (QED) is 0.165. The summed E-state index contributed by atoms with van der Waals surface area (Å²) in [5, 5.41) is 5.88. The van der Waals surface area contributed by atoms with Gasteiger partial charge in [0.15, 0.2) is 11.9 Å². The summed E-state index contributed by atoms with van der Waals surface area (Å²) in [5.74, 6) is 1.59. The molecule has 11 rings (SSSR count). The molecular weight excluding hydrogens is 721 g/mol. The predicted octanol–water partition coefficient (Wildman–Crippen LogP) is 11.6. The minimum Gasteiger partial charge on any atom is -0.324 e. The van der Waals surface area contributed by atoms with Crippen molar-refractivity contribution in [3.05, 3.63) is 256 Å². The van der Waals surface area contributed by atoms with E-state index in [2.05, 4.69) is 149 Å². The maximum Gasteiger partial charge on any atom is 0.192 e. The van der Waals surface area contributed by atoms with E-state index in [-0.39, 0.29) is 5.78 Å². The summed E-state index contributed by atoms with van der Waals surface area (Å²) in [6.07, 6.45) is 6.71. The van der Waals surface area contributed by atoms with Gasteiger partial charge in [0.2, 0.25) is 0 Å². The molecule has 1 N–H and O–H groups in total. The molecule has 0 saturated carbocycles. The Morgan fingerprint density at radius 1 is 0.576 bits per heavy atom. The molecule has 2 aliphatic heterocycles. The number of carbonyl (C=O) groups is 1. The highest BCUT2D eigenvalue weighted by atomic mass is 16.1. The van der Waals surface area contributed by atoms with E-state index in [4.69, 9.17) is 9.98 Å². The standard InChI is InChI=1S/C54H38N4O/c59-50(36-17-5-1-6-18-36)40-23-15-28-45-48(35-40)58-47-30-14-13-26-43(47)44-27-16-29-46(49(44)58)54(45,41-24-11-4-12-25-41)42-33-31-39(32-34-42)53-56-51(37-19-7-2-8-20-37)55-52(57-53)38-21-9-3-10-22-38/h1-14,16-35,53H,15H2,(H,55,56,57). The first kappa shape index (κ1) is 34.6. The topological polar surface area (TPSA) is 58.8 Å². The molecule has 59 heavy (non-hydrogen) atoms. The van der Waals surface area contributed by atoms with Crippen molar-refractivity contribution < 1.29 is 4.79 Å². The molecule has 7 aromatic carbocycles. The molecule has 3 heterocycles. The van der Waals surface area contributed by atoms with E-state index in [1.807, 2.05) is 66.7 Å². The van der Waals surface area contributed by atoms with Crippen molar-refractivity contribution in [2.45, 2.75) is 18.0 Å². The maximum absolute atomic E-state index is 14.3. The van der Waals surface area contributed by atoms with Gasteiger partial charge in [0.1, 0.15) is 11.7 Å². The first-order chi connectivity index (χ1) is 29.2. The molecule has 1 aliphatic carbocycles. The van der Waals surface area contributed by atoms with Gasteiger partial charge < -0.3 is 9.88 Å². The Kier molecular flexibility index (Phi) is 8.26. The number of aliphatic imine (C=N–C) groups is 2. The summed E-state index contributed by atoms with van der Waals surface area (Å²) in [6.45, 7) is 0. The number of rotatable bonds is 7. The number of hydrogen-bond donors (Lipinski definition) is 1. The Labute approximate surface area is 342 Å². The average molecular weight is 759 g/mol. The molecule has 0 radical (unpaired) electrons. The van der Waals surface area contributed by atoms with Crippen molar-refractivity contribution >= 4 is 45.0 Å². The highest BCUT2D eigenvalue weighted by molar-refractivity contribution is 6.17. The Morgan fingerprint density at radius 3 is 1.83 bits per heavy atom. The summed E-state index contributed by atoms with van der Waals surface area (Å²) in [7, 11) is 0. The van der Waals surface area contributed by atoms with Gasteiger partial charge in [-0.3, -0.25) is 4.79 Å². The second kappa shape index (κ2) is 14.1. The highest BCUT2D eigenvalue weighted by Crippen LogP contribution is 2.56. The van der Waals surface area contributed by atoms with Crippen molar-refractivity contribution in [1.82, 2.24) is 9.88 Å². The summed E-state index contributed by atoms with van der Waals surface area (Å²) in [4.78, 5) is 24.6. The summed E-state index contributed by atoms with van der Waals surface area (Å²) < 4.78 is 2.40. The highest BCUT2D eigenvalue weighted by Gasteiger charge is 2.47. The molecular formula is C54H38N4O. The fourth-order valence-electron chi connectivity index (χ4n) is 9.32. The molecule has 1 aromatic heterocycles. The van der Waals surface area contributed by atoms with Crippen LogP contribution in [-0.4, -0.2) is 22.0 Å². The summed E-state index contributed by atoms with van der Waals surface area (Å²) >= 11 is 0. The third kappa shape index (κ3) is 5.58. The van der Waals surface area contributed by atoms with Gasteiger partial charge >= 0.3 is 0 Å². The van der Waals surface area contributed by atoms with Crippen molar-refractivity contribution in [3.8, 4) is 0 Å². The van der Waals surface area contributed by atoms with E-state index in [0.29, 0.717) is 17.6 Å².